The second-order valence-electron chi connectivity index (χ2n) is 15.9. The Morgan fingerprint density at radius 3 is 1.56 bits per heavy atom. The Morgan fingerprint density at radius 2 is 1.13 bits per heavy atom. The SMILES string of the molecule is C.C.Cc1nc2c(F)cc(-c3nc(N[C@@H]4CCN(C)C[C@H]4O)ncc3F)cc2n1C(C)C.Cc1nc2c(F)cc(-c3nc(N[C@@H]4CCNC[C@H]4O)ncc3F)cc2n1C(C)C. The largest absolute Gasteiger partial charge is 0.390 e. The number of aromatic nitrogens is 8. The molecule has 0 saturated carbocycles. The number of nitrogens with one attached hydrogen (secondary N) is 3. The van der Waals surface area contributed by atoms with Crippen molar-refractivity contribution in [2.45, 2.75) is 106 Å². The van der Waals surface area contributed by atoms with E-state index in [-0.39, 0.29) is 73.3 Å². The smallest absolute Gasteiger partial charge is 0.223 e. The van der Waals surface area contributed by atoms with Crippen LogP contribution in [0.1, 0.15) is 79.1 Å². The average molecular weight is 851 g/mol. The van der Waals surface area contributed by atoms with Gasteiger partial charge in [-0.15, -0.1) is 0 Å². The van der Waals surface area contributed by atoms with Gasteiger partial charge in [0.1, 0.15) is 34.1 Å². The van der Waals surface area contributed by atoms with E-state index in [1.165, 1.54) is 12.1 Å². The number of fused-ring (bicyclic) bond motifs is 2. The molecule has 330 valence electrons. The molecule has 0 spiro atoms. The zero-order valence-electron chi connectivity index (χ0n) is 34.1. The Morgan fingerprint density at radius 1 is 0.672 bits per heavy atom. The fourth-order valence-electron chi connectivity index (χ4n) is 7.99. The third-order valence-corrected chi connectivity index (χ3v) is 10.8. The van der Waals surface area contributed by atoms with E-state index in [0.717, 1.165) is 25.5 Å². The topological polar surface area (TPSA) is 167 Å². The number of halogens is 4. The number of hydrogen-bond acceptors (Lipinski definition) is 12. The van der Waals surface area contributed by atoms with Crippen molar-refractivity contribution in [3.05, 3.63) is 71.6 Å². The molecule has 4 aromatic heterocycles. The van der Waals surface area contributed by atoms with Crippen LogP contribution in [0, 0.1) is 37.1 Å². The van der Waals surface area contributed by atoms with E-state index in [1.807, 2.05) is 62.6 Å². The van der Waals surface area contributed by atoms with Gasteiger partial charge in [-0.1, -0.05) is 14.9 Å². The van der Waals surface area contributed by atoms with Crippen LogP contribution < -0.4 is 16.0 Å². The van der Waals surface area contributed by atoms with E-state index in [1.54, 1.807) is 12.1 Å². The summed E-state index contributed by atoms with van der Waals surface area (Å²) in [5.41, 5.74) is 2.33. The molecule has 2 aromatic carbocycles. The number of aliphatic hydroxyl groups excluding tert-OH is 2. The number of anilines is 2. The molecule has 5 N–H and O–H groups in total. The molecule has 6 aromatic rings. The van der Waals surface area contributed by atoms with Crippen molar-refractivity contribution >= 4 is 34.0 Å². The highest BCUT2D eigenvalue weighted by Gasteiger charge is 2.28. The molecule has 4 atom stereocenters. The second kappa shape index (κ2) is 19.2. The van der Waals surface area contributed by atoms with Gasteiger partial charge < -0.3 is 40.2 Å². The lowest BCUT2D eigenvalue weighted by atomic mass is 10.0. The summed E-state index contributed by atoms with van der Waals surface area (Å²) in [6.07, 6.45) is 2.34. The lowest BCUT2D eigenvalue weighted by Crippen LogP contribution is -2.48. The lowest BCUT2D eigenvalue weighted by Gasteiger charge is -2.34. The average Bonchev–Trinajstić information content (AvgIpc) is 3.71. The molecule has 2 aliphatic heterocycles. The molecule has 0 unspecified atom stereocenters. The van der Waals surface area contributed by atoms with Crippen LogP contribution >= 0.6 is 0 Å². The van der Waals surface area contributed by atoms with Crippen molar-refractivity contribution < 1.29 is 27.8 Å². The first-order valence-electron chi connectivity index (χ1n) is 19.8. The number of piperidine rings is 2. The molecule has 2 fully saturated rings. The third-order valence-electron chi connectivity index (χ3n) is 10.8. The van der Waals surface area contributed by atoms with Crippen molar-refractivity contribution in [3.63, 3.8) is 0 Å². The monoisotopic (exact) mass is 850 g/mol. The van der Waals surface area contributed by atoms with E-state index >= 15 is 0 Å². The van der Waals surface area contributed by atoms with Crippen molar-refractivity contribution in [1.82, 2.24) is 49.3 Å². The normalized spacial score (nSPS) is 19.4. The van der Waals surface area contributed by atoms with Gasteiger partial charge in [-0.05, 0) is 98.8 Å². The molecule has 0 amide bonds. The van der Waals surface area contributed by atoms with Crippen LogP contribution in [0.15, 0.2) is 36.7 Å². The Hall–Kier alpha value is -5.30. The molecule has 2 aliphatic rings. The summed E-state index contributed by atoms with van der Waals surface area (Å²) in [5.74, 6) is -0.558. The molecular weight excluding hydrogens is 793 g/mol. The van der Waals surface area contributed by atoms with Crippen LogP contribution in [0.3, 0.4) is 0 Å². The molecule has 6 heterocycles. The number of likely N-dealkylation sites (tertiary alicyclic amines) is 1. The number of likely N-dealkylation sites (N-methyl/N-ethyl adjacent to an activating group) is 1. The number of nitrogens with zero attached hydrogens (tertiary/aromatic N) is 9. The Kier molecular flexibility index (Phi) is 14.7. The number of benzene rings is 2. The van der Waals surface area contributed by atoms with Crippen LogP contribution in [-0.4, -0.2) is 112 Å². The van der Waals surface area contributed by atoms with Gasteiger partial charge in [-0.2, -0.15) is 0 Å². The van der Waals surface area contributed by atoms with Gasteiger partial charge in [0.05, 0.1) is 47.7 Å². The summed E-state index contributed by atoms with van der Waals surface area (Å²) in [6.45, 7) is 14.1. The zero-order valence-corrected chi connectivity index (χ0v) is 34.1. The second-order valence-corrected chi connectivity index (χ2v) is 15.9. The molecule has 18 heteroatoms. The minimum Gasteiger partial charge on any atom is -0.390 e. The van der Waals surface area contributed by atoms with Crippen LogP contribution in [0.4, 0.5) is 29.5 Å². The van der Waals surface area contributed by atoms with Crippen molar-refractivity contribution in [3.8, 4) is 22.5 Å². The first-order valence-corrected chi connectivity index (χ1v) is 19.8. The van der Waals surface area contributed by atoms with Crippen LogP contribution in [0.2, 0.25) is 0 Å². The predicted octanol–water partition coefficient (Wildman–Crippen LogP) is 7.21. The number of hydrogen-bond donors (Lipinski definition) is 5. The fourth-order valence-corrected chi connectivity index (χ4v) is 7.99. The highest BCUT2D eigenvalue weighted by molar-refractivity contribution is 5.84. The van der Waals surface area contributed by atoms with E-state index in [0.29, 0.717) is 59.7 Å². The van der Waals surface area contributed by atoms with Gasteiger partial charge >= 0.3 is 0 Å². The van der Waals surface area contributed by atoms with Gasteiger partial charge in [0.25, 0.3) is 0 Å². The van der Waals surface area contributed by atoms with E-state index in [9.17, 15) is 27.8 Å². The highest BCUT2D eigenvalue weighted by atomic mass is 19.1. The molecule has 0 radical (unpaired) electrons. The van der Waals surface area contributed by atoms with Gasteiger partial charge in [0, 0.05) is 36.3 Å². The number of imidazole rings is 2. The van der Waals surface area contributed by atoms with Crippen LogP contribution in [-0.2, 0) is 0 Å². The first kappa shape index (κ1) is 46.8. The molecule has 14 nitrogen and oxygen atoms in total. The Bertz CT molecular complexity index is 2470. The maximum absolute atomic E-state index is 14.8. The van der Waals surface area contributed by atoms with Gasteiger partial charge in [-0.3, -0.25) is 0 Å². The minimum absolute atomic E-state index is 0. The molecule has 0 aliphatic carbocycles. The quantitative estimate of drug-likeness (QED) is 0.0979. The Labute approximate surface area is 353 Å². The van der Waals surface area contributed by atoms with E-state index in [2.05, 4.69) is 45.9 Å². The number of rotatable bonds is 8. The van der Waals surface area contributed by atoms with E-state index < -0.39 is 35.5 Å². The standard InChI is InChI=1S/C21H26F2N6O.C20H24F2N6O.2CH4/c1-11(2)29-12(3)25-20-14(22)7-13(8-17(20)29)19-15(23)9-24-21(27-19)26-16-5-6-28(4)10-18(16)30;1-10(2)28-11(3)25-19-13(21)6-12(7-16(19)28)18-14(22)8-24-20(27-18)26-15-4-5-23-9-17(15)29;;/h7-9,11,16,18,30H,5-6,10H2,1-4H3,(H,24,26,27);6-8,10,15,17,23,29H,4-5,9H2,1-3H3,(H,24,26,27);2*1H4/t16-,18-;15-,17-;;/m11../s1. The van der Waals surface area contributed by atoms with Crippen LogP contribution in [0.5, 0.6) is 0 Å². The number of β-amino-alcohol motifs (C(OH)–C–C–N with tert-alkyl or cyclic N) is 2. The van der Waals surface area contributed by atoms with Gasteiger partial charge in [-0.25, -0.2) is 47.5 Å². The van der Waals surface area contributed by atoms with Crippen molar-refractivity contribution in [2.75, 3.05) is 43.9 Å². The molecule has 61 heavy (non-hydrogen) atoms. The highest BCUT2D eigenvalue weighted by Crippen LogP contribution is 2.32. The van der Waals surface area contributed by atoms with Crippen LogP contribution in [0.25, 0.3) is 44.6 Å². The maximum atomic E-state index is 14.8. The van der Waals surface area contributed by atoms with Gasteiger partial charge in [0.15, 0.2) is 23.3 Å². The zero-order chi connectivity index (χ0) is 42.3. The summed E-state index contributed by atoms with van der Waals surface area (Å²) < 4.78 is 62.5. The first-order chi connectivity index (χ1) is 28.1. The number of aryl methyl sites for hydroxylation is 2. The maximum Gasteiger partial charge on any atom is 0.223 e. The summed E-state index contributed by atoms with van der Waals surface area (Å²) in [6, 6.07) is 5.58. The van der Waals surface area contributed by atoms with Crippen molar-refractivity contribution in [2.24, 2.45) is 0 Å². The lowest BCUT2D eigenvalue weighted by molar-refractivity contribution is 0.0726. The van der Waals surface area contributed by atoms with E-state index in [4.69, 9.17) is 0 Å². The Balaban J connectivity index is 0.000000224. The predicted molar refractivity (Wildman–Crippen MR) is 231 cm³/mol. The molecule has 0 bridgehead atoms. The molecular formula is C43H58F4N12O2. The number of aliphatic hydroxyl groups is 2. The summed E-state index contributed by atoms with van der Waals surface area (Å²) in [4.78, 5) is 27.2. The molecule has 8 rings (SSSR count). The summed E-state index contributed by atoms with van der Waals surface area (Å²) in [5, 5.41) is 29.6. The third kappa shape index (κ3) is 9.77. The summed E-state index contributed by atoms with van der Waals surface area (Å²) in [7, 11) is 1.94. The minimum atomic E-state index is -0.646. The fraction of sp³-hybridized carbons (Fsp3) is 0.488. The van der Waals surface area contributed by atoms with Crippen molar-refractivity contribution in [1.29, 1.82) is 0 Å². The van der Waals surface area contributed by atoms with Gasteiger partial charge in [0.2, 0.25) is 11.9 Å². The molecule has 2 saturated heterocycles. The summed E-state index contributed by atoms with van der Waals surface area (Å²) >= 11 is 0.